The van der Waals surface area contributed by atoms with Crippen LogP contribution in [0.1, 0.15) is 16.7 Å². The minimum atomic E-state index is -0.293. The van der Waals surface area contributed by atoms with Crippen LogP contribution in [0.3, 0.4) is 0 Å². The van der Waals surface area contributed by atoms with Gasteiger partial charge in [0.15, 0.2) is 11.5 Å². The molecule has 2 aromatic rings. The second-order valence-corrected chi connectivity index (χ2v) is 6.92. The monoisotopic (exact) mass is 369 g/mol. The van der Waals surface area contributed by atoms with E-state index in [1.807, 2.05) is 37.3 Å². The highest BCUT2D eigenvalue weighted by atomic mass is 32.2. The zero-order valence-corrected chi connectivity index (χ0v) is 15.6. The molecule has 134 valence electrons. The lowest BCUT2D eigenvalue weighted by molar-refractivity contribution is -0.121. The van der Waals surface area contributed by atoms with Crippen LogP contribution in [0, 0.1) is 6.92 Å². The van der Waals surface area contributed by atoms with Crippen molar-refractivity contribution in [2.45, 2.75) is 13.5 Å². The summed E-state index contributed by atoms with van der Waals surface area (Å²) in [6, 6.07) is 13.5. The van der Waals surface area contributed by atoms with Crippen molar-refractivity contribution in [3.8, 4) is 11.5 Å². The van der Waals surface area contributed by atoms with Crippen LogP contribution in [-0.4, -0.2) is 30.2 Å². The summed E-state index contributed by atoms with van der Waals surface area (Å²) in [4.78, 5) is 25.1. The van der Waals surface area contributed by atoms with E-state index < -0.39 is 0 Å². The fraction of sp³-hybridized carbons (Fsp3) is 0.200. The van der Waals surface area contributed by atoms with E-state index in [9.17, 15) is 9.59 Å². The first-order valence-electron chi connectivity index (χ1n) is 8.06. The van der Waals surface area contributed by atoms with Gasteiger partial charge in [-0.25, -0.2) is 0 Å². The van der Waals surface area contributed by atoms with E-state index in [1.54, 1.807) is 25.3 Å². The maximum absolute atomic E-state index is 12.0. The number of methoxy groups -OCH3 is 1. The summed E-state index contributed by atoms with van der Waals surface area (Å²) in [6.07, 6.45) is 1.68. The van der Waals surface area contributed by atoms with Crippen LogP contribution in [0.25, 0.3) is 6.08 Å². The number of hydrogen-bond donors (Lipinski definition) is 0. The third-order valence-electron chi connectivity index (χ3n) is 3.99. The number of carbonyl (C=O) groups excluding carboxylic acids is 2. The van der Waals surface area contributed by atoms with E-state index in [2.05, 4.69) is 0 Å². The van der Waals surface area contributed by atoms with E-state index >= 15 is 0 Å². The number of likely N-dealkylation sites (N-methyl/N-ethyl adjacent to an activating group) is 1. The number of imide groups is 1. The summed E-state index contributed by atoms with van der Waals surface area (Å²) >= 11 is 0.929. The maximum atomic E-state index is 12.0. The minimum Gasteiger partial charge on any atom is -0.493 e. The number of nitrogens with zero attached hydrogens (tertiary/aromatic N) is 1. The Hall–Kier alpha value is -2.73. The van der Waals surface area contributed by atoms with E-state index in [-0.39, 0.29) is 11.1 Å². The summed E-state index contributed by atoms with van der Waals surface area (Å²) in [5.74, 6) is 0.897. The van der Waals surface area contributed by atoms with Gasteiger partial charge in [0.2, 0.25) is 0 Å². The smallest absolute Gasteiger partial charge is 0.293 e. The highest BCUT2D eigenvalue weighted by molar-refractivity contribution is 8.18. The SMILES string of the molecule is COc1cc(/C=C2\SC(=O)N(C)C2=O)ccc1OCc1ccc(C)cc1. The molecule has 0 N–H and O–H groups in total. The van der Waals surface area contributed by atoms with E-state index in [1.165, 1.54) is 12.6 Å². The first-order chi connectivity index (χ1) is 12.5. The quantitative estimate of drug-likeness (QED) is 0.738. The summed E-state index contributed by atoms with van der Waals surface area (Å²) < 4.78 is 11.3. The van der Waals surface area contributed by atoms with Crippen molar-refractivity contribution < 1.29 is 19.1 Å². The summed E-state index contributed by atoms with van der Waals surface area (Å²) in [7, 11) is 3.04. The summed E-state index contributed by atoms with van der Waals surface area (Å²) in [6.45, 7) is 2.48. The van der Waals surface area contributed by atoms with Crippen LogP contribution in [0.15, 0.2) is 47.4 Å². The standard InChI is InChI=1S/C20H19NO4S/c1-13-4-6-14(7-5-13)12-25-16-9-8-15(10-17(16)24-3)11-18-19(22)21(2)20(23)26-18/h4-11H,12H2,1-3H3/b18-11-. The molecule has 0 radical (unpaired) electrons. The average Bonchev–Trinajstić information content (AvgIpc) is 2.88. The Labute approximate surface area is 156 Å². The number of thioether (sulfide) groups is 1. The van der Waals surface area contributed by atoms with Gasteiger partial charge >= 0.3 is 0 Å². The van der Waals surface area contributed by atoms with Gasteiger partial charge in [-0.1, -0.05) is 35.9 Å². The molecule has 0 saturated carbocycles. The van der Waals surface area contributed by atoms with Gasteiger partial charge in [0.1, 0.15) is 6.61 Å². The van der Waals surface area contributed by atoms with Gasteiger partial charge in [0.25, 0.3) is 11.1 Å². The van der Waals surface area contributed by atoms with Gasteiger partial charge in [0.05, 0.1) is 12.0 Å². The van der Waals surface area contributed by atoms with Crippen LogP contribution in [-0.2, 0) is 11.4 Å². The van der Waals surface area contributed by atoms with Crippen molar-refractivity contribution >= 4 is 29.0 Å². The zero-order chi connectivity index (χ0) is 18.7. The normalized spacial score (nSPS) is 15.7. The van der Waals surface area contributed by atoms with E-state index in [0.29, 0.717) is 23.0 Å². The molecule has 26 heavy (non-hydrogen) atoms. The molecule has 0 atom stereocenters. The van der Waals surface area contributed by atoms with Gasteiger partial charge in [-0.05, 0) is 48.0 Å². The lowest BCUT2D eigenvalue weighted by atomic mass is 10.1. The molecule has 5 nitrogen and oxygen atoms in total. The molecule has 2 amide bonds. The Bertz CT molecular complexity index is 874. The van der Waals surface area contributed by atoms with Crippen molar-refractivity contribution in [1.82, 2.24) is 4.90 Å². The molecule has 0 spiro atoms. The molecule has 2 aromatic carbocycles. The number of amides is 2. The lowest BCUT2D eigenvalue weighted by Crippen LogP contribution is -2.22. The number of aryl methyl sites for hydroxylation is 1. The highest BCUT2D eigenvalue weighted by Crippen LogP contribution is 2.34. The summed E-state index contributed by atoms with van der Waals surface area (Å²) in [5.41, 5.74) is 3.04. The number of ether oxygens (including phenoxy) is 2. The minimum absolute atomic E-state index is 0.272. The molecule has 0 unspecified atom stereocenters. The lowest BCUT2D eigenvalue weighted by Gasteiger charge is -2.12. The van der Waals surface area contributed by atoms with Crippen molar-refractivity contribution in [1.29, 1.82) is 0 Å². The average molecular weight is 369 g/mol. The van der Waals surface area contributed by atoms with Gasteiger partial charge in [0, 0.05) is 7.05 Å². The van der Waals surface area contributed by atoms with Crippen LogP contribution in [0.5, 0.6) is 11.5 Å². The molecule has 0 bridgehead atoms. The number of benzene rings is 2. The zero-order valence-electron chi connectivity index (χ0n) is 14.8. The third-order valence-corrected chi connectivity index (χ3v) is 4.95. The second-order valence-electron chi connectivity index (χ2n) is 5.93. The van der Waals surface area contributed by atoms with Crippen LogP contribution < -0.4 is 9.47 Å². The fourth-order valence-electron chi connectivity index (χ4n) is 2.44. The van der Waals surface area contributed by atoms with Crippen molar-refractivity contribution in [2.75, 3.05) is 14.2 Å². The molecular formula is C20H19NO4S. The number of carbonyl (C=O) groups is 2. The van der Waals surface area contributed by atoms with Crippen LogP contribution in [0.2, 0.25) is 0 Å². The highest BCUT2D eigenvalue weighted by Gasteiger charge is 2.31. The predicted molar refractivity (Wildman–Crippen MR) is 102 cm³/mol. The summed E-state index contributed by atoms with van der Waals surface area (Å²) in [5, 5.41) is -0.272. The van der Waals surface area contributed by atoms with Crippen molar-refractivity contribution in [3.05, 3.63) is 64.1 Å². The van der Waals surface area contributed by atoms with Gasteiger partial charge in [-0.15, -0.1) is 0 Å². The third kappa shape index (κ3) is 3.91. The van der Waals surface area contributed by atoms with E-state index in [4.69, 9.17) is 9.47 Å². The first kappa shape index (κ1) is 18.1. The topological polar surface area (TPSA) is 55.8 Å². The number of rotatable bonds is 5. The Morgan fingerprint density at radius 1 is 1.08 bits per heavy atom. The van der Waals surface area contributed by atoms with Crippen LogP contribution in [0.4, 0.5) is 4.79 Å². The molecule has 0 aromatic heterocycles. The molecule has 1 saturated heterocycles. The number of hydrogen-bond acceptors (Lipinski definition) is 5. The largest absolute Gasteiger partial charge is 0.493 e. The van der Waals surface area contributed by atoms with Gasteiger partial charge in [-0.2, -0.15) is 0 Å². The van der Waals surface area contributed by atoms with Gasteiger partial charge < -0.3 is 9.47 Å². The maximum Gasteiger partial charge on any atom is 0.293 e. The molecule has 1 fully saturated rings. The molecular weight excluding hydrogens is 350 g/mol. The van der Waals surface area contributed by atoms with Gasteiger partial charge in [-0.3, -0.25) is 14.5 Å². The van der Waals surface area contributed by atoms with E-state index in [0.717, 1.165) is 27.8 Å². The van der Waals surface area contributed by atoms with Crippen molar-refractivity contribution in [3.63, 3.8) is 0 Å². The Morgan fingerprint density at radius 2 is 1.81 bits per heavy atom. The van der Waals surface area contributed by atoms with Crippen molar-refractivity contribution in [2.24, 2.45) is 0 Å². The molecule has 0 aliphatic carbocycles. The predicted octanol–water partition coefficient (Wildman–Crippen LogP) is 4.25. The Kier molecular flexibility index (Phi) is 5.32. The molecule has 1 heterocycles. The molecule has 6 heteroatoms. The first-order valence-corrected chi connectivity index (χ1v) is 8.87. The van der Waals surface area contributed by atoms with Crippen LogP contribution >= 0.6 is 11.8 Å². The molecule has 1 aliphatic rings. The Morgan fingerprint density at radius 3 is 2.42 bits per heavy atom. The fourth-order valence-corrected chi connectivity index (χ4v) is 3.26. The molecule has 1 aliphatic heterocycles. The Balaban J connectivity index is 1.76. The second kappa shape index (κ2) is 7.66. The molecule has 3 rings (SSSR count).